The maximum Gasteiger partial charge on any atom is 0.258 e. The lowest BCUT2D eigenvalue weighted by atomic mass is 10.2. The molecule has 0 aliphatic heterocycles. The summed E-state index contributed by atoms with van der Waals surface area (Å²) in [6, 6.07) is 14.7. The van der Waals surface area contributed by atoms with Crippen molar-refractivity contribution in [3.05, 3.63) is 78.2 Å². The standard InChI is InChI=1S/C19H15N5O2/c25-16-7-4-8-20-17(16)23-19(26)15-9-14-11-22-24(18(14)21-10-15)12-13-5-2-1-3-6-13/h1-11,25H,12H2,(H,20,23,26). The van der Waals surface area contributed by atoms with Crippen molar-refractivity contribution in [3.63, 3.8) is 0 Å². The van der Waals surface area contributed by atoms with E-state index < -0.39 is 5.91 Å². The van der Waals surface area contributed by atoms with Crippen LogP contribution in [0.4, 0.5) is 5.82 Å². The zero-order chi connectivity index (χ0) is 17.9. The molecule has 0 atom stereocenters. The molecule has 2 N–H and O–H groups in total. The van der Waals surface area contributed by atoms with E-state index in [0.717, 1.165) is 10.9 Å². The number of carbonyl (C=O) groups is 1. The Morgan fingerprint density at radius 3 is 2.73 bits per heavy atom. The zero-order valence-electron chi connectivity index (χ0n) is 13.7. The summed E-state index contributed by atoms with van der Waals surface area (Å²) < 4.78 is 1.79. The molecule has 0 saturated heterocycles. The molecule has 26 heavy (non-hydrogen) atoms. The first-order valence-corrected chi connectivity index (χ1v) is 8.01. The number of hydrogen-bond acceptors (Lipinski definition) is 5. The van der Waals surface area contributed by atoms with Gasteiger partial charge in [-0.15, -0.1) is 0 Å². The molecule has 0 aliphatic carbocycles. The lowest BCUT2D eigenvalue weighted by Gasteiger charge is -2.06. The van der Waals surface area contributed by atoms with E-state index in [1.165, 1.54) is 18.5 Å². The van der Waals surface area contributed by atoms with Gasteiger partial charge < -0.3 is 10.4 Å². The van der Waals surface area contributed by atoms with Gasteiger partial charge in [0.2, 0.25) is 0 Å². The Kier molecular flexibility index (Phi) is 4.03. The minimum Gasteiger partial charge on any atom is -0.504 e. The Bertz CT molecular complexity index is 1080. The quantitative estimate of drug-likeness (QED) is 0.593. The highest BCUT2D eigenvalue weighted by atomic mass is 16.3. The molecular formula is C19H15N5O2. The average molecular weight is 345 g/mol. The number of hydrogen-bond donors (Lipinski definition) is 2. The summed E-state index contributed by atoms with van der Waals surface area (Å²) in [7, 11) is 0. The minimum absolute atomic E-state index is 0.0921. The van der Waals surface area contributed by atoms with Crippen LogP contribution in [0.1, 0.15) is 15.9 Å². The second-order valence-electron chi connectivity index (χ2n) is 5.75. The topological polar surface area (TPSA) is 92.9 Å². The fourth-order valence-corrected chi connectivity index (χ4v) is 2.64. The van der Waals surface area contributed by atoms with Crippen LogP contribution >= 0.6 is 0 Å². The molecule has 0 unspecified atom stereocenters. The molecule has 4 aromatic rings. The van der Waals surface area contributed by atoms with E-state index in [2.05, 4.69) is 20.4 Å². The molecule has 3 heterocycles. The van der Waals surface area contributed by atoms with Gasteiger partial charge in [0, 0.05) is 17.8 Å². The van der Waals surface area contributed by atoms with Crippen LogP contribution in [0.15, 0.2) is 67.1 Å². The predicted octanol–water partition coefficient (Wildman–Crippen LogP) is 2.83. The van der Waals surface area contributed by atoms with E-state index >= 15 is 0 Å². The van der Waals surface area contributed by atoms with E-state index in [-0.39, 0.29) is 11.6 Å². The minimum atomic E-state index is -0.399. The van der Waals surface area contributed by atoms with Crippen LogP contribution < -0.4 is 5.32 Å². The molecule has 128 valence electrons. The van der Waals surface area contributed by atoms with Crippen molar-refractivity contribution in [2.24, 2.45) is 0 Å². The molecule has 0 spiro atoms. The smallest absolute Gasteiger partial charge is 0.258 e. The van der Waals surface area contributed by atoms with Crippen molar-refractivity contribution in [1.82, 2.24) is 19.7 Å². The number of aromatic hydroxyl groups is 1. The normalized spacial score (nSPS) is 10.8. The number of fused-ring (bicyclic) bond motifs is 1. The molecule has 0 aliphatic rings. The third kappa shape index (κ3) is 3.10. The number of anilines is 1. The maximum absolute atomic E-state index is 12.4. The zero-order valence-corrected chi connectivity index (χ0v) is 13.7. The number of aromatic nitrogens is 4. The second-order valence-corrected chi connectivity index (χ2v) is 5.75. The van der Waals surface area contributed by atoms with Crippen LogP contribution in [0.3, 0.4) is 0 Å². The van der Waals surface area contributed by atoms with Crippen molar-refractivity contribution in [2.45, 2.75) is 6.54 Å². The first-order chi connectivity index (χ1) is 12.7. The first-order valence-electron chi connectivity index (χ1n) is 8.01. The fourth-order valence-electron chi connectivity index (χ4n) is 2.64. The number of nitrogens with one attached hydrogen (secondary N) is 1. The molecule has 0 bridgehead atoms. The highest BCUT2D eigenvalue weighted by Gasteiger charge is 2.13. The summed E-state index contributed by atoms with van der Waals surface area (Å²) in [5, 5.41) is 17.4. The Hall–Kier alpha value is -3.74. The van der Waals surface area contributed by atoms with Crippen LogP contribution in [0.5, 0.6) is 5.75 Å². The van der Waals surface area contributed by atoms with Gasteiger partial charge in [-0.05, 0) is 23.8 Å². The van der Waals surface area contributed by atoms with Crippen molar-refractivity contribution < 1.29 is 9.90 Å². The van der Waals surface area contributed by atoms with Crippen molar-refractivity contribution >= 4 is 22.8 Å². The average Bonchev–Trinajstić information content (AvgIpc) is 3.06. The number of amides is 1. The maximum atomic E-state index is 12.4. The summed E-state index contributed by atoms with van der Waals surface area (Å²) in [6.45, 7) is 0.602. The highest BCUT2D eigenvalue weighted by molar-refractivity contribution is 6.05. The van der Waals surface area contributed by atoms with Gasteiger partial charge in [-0.3, -0.25) is 4.79 Å². The van der Waals surface area contributed by atoms with E-state index in [4.69, 9.17) is 0 Å². The summed E-state index contributed by atoms with van der Waals surface area (Å²) >= 11 is 0. The number of benzene rings is 1. The van der Waals surface area contributed by atoms with E-state index in [9.17, 15) is 9.90 Å². The molecule has 1 amide bonds. The van der Waals surface area contributed by atoms with Gasteiger partial charge in [0.15, 0.2) is 17.2 Å². The third-order valence-electron chi connectivity index (χ3n) is 3.93. The third-order valence-corrected chi connectivity index (χ3v) is 3.93. The lowest BCUT2D eigenvalue weighted by Crippen LogP contribution is -2.13. The lowest BCUT2D eigenvalue weighted by molar-refractivity contribution is 0.102. The molecule has 1 aromatic carbocycles. The van der Waals surface area contributed by atoms with E-state index in [0.29, 0.717) is 17.8 Å². The van der Waals surface area contributed by atoms with Gasteiger partial charge in [-0.1, -0.05) is 30.3 Å². The second kappa shape index (κ2) is 6.64. The molecule has 3 aromatic heterocycles. The summed E-state index contributed by atoms with van der Waals surface area (Å²) in [5.74, 6) is -0.382. The summed E-state index contributed by atoms with van der Waals surface area (Å²) in [5.41, 5.74) is 2.18. The van der Waals surface area contributed by atoms with Gasteiger partial charge in [0.25, 0.3) is 5.91 Å². The van der Waals surface area contributed by atoms with Crippen molar-refractivity contribution in [3.8, 4) is 5.75 Å². The van der Waals surface area contributed by atoms with Crippen molar-refractivity contribution in [1.29, 1.82) is 0 Å². The van der Waals surface area contributed by atoms with Gasteiger partial charge in [-0.25, -0.2) is 14.6 Å². The number of carbonyl (C=O) groups excluding carboxylic acids is 1. The number of pyridine rings is 2. The first kappa shape index (κ1) is 15.8. The van der Waals surface area contributed by atoms with Gasteiger partial charge in [-0.2, -0.15) is 5.10 Å². The molecule has 4 rings (SSSR count). The van der Waals surface area contributed by atoms with Crippen LogP contribution in [0, 0.1) is 0 Å². The summed E-state index contributed by atoms with van der Waals surface area (Å²) in [6.07, 6.45) is 4.66. The van der Waals surface area contributed by atoms with Gasteiger partial charge in [0.1, 0.15) is 0 Å². The largest absolute Gasteiger partial charge is 0.504 e. The predicted molar refractivity (Wildman–Crippen MR) is 96.9 cm³/mol. The number of nitrogens with zero attached hydrogens (tertiary/aromatic N) is 4. The number of rotatable bonds is 4. The van der Waals surface area contributed by atoms with Gasteiger partial charge in [0.05, 0.1) is 18.3 Å². The SMILES string of the molecule is O=C(Nc1ncccc1O)c1cnc2c(cnn2Cc2ccccc2)c1. The van der Waals surface area contributed by atoms with E-state index in [1.807, 2.05) is 30.3 Å². The molecule has 0 saturated carbocycles. The molecule has 7 heteroatoms. The van der Waals surface area contributed by atoms with Gasteiger partial charge >= 0.3 is 0 Å². The Labute approximate surface area is 149 Å². The Morgan fingerprint density at radius 1 is 1.08 bits per heavy atom. The highest BCUT2D eigenvalue weighted by Crippen LogP contribution is 2.20. The molecule has 0 fully saturated rings. The molecule has 0 radical (unpaired) electrons. The van der Waals surface area contributed by atoms with Crippen LogP contribution in [0.2, 0.25) is 0 Å². The van der Waals surface area contributed by atoms with Crippen LogP contribution in [0.25, 0.3) is 11.0 Å². The summed E-state index contributed by atoms with van der Waals surface area (Å²) in [4.78, 5) is 20.7. The monoisotopic (exact) mass is 345 g/mol. The van der Waals surface area contributed by atoms with E-state index in [1.54, 1.807) is 23.0 Å². The molecule has 7 nitrogen and oxygen atoms in total. The van der Waals surface area contributed by atoms with Crippen LogP contribution in [-0.2, 0) is 6.54 Å². The fraction of sp³-hybridized carbons (Fsp3) is 0.0526. The van der Waals surface area contributed by atoms with Crippen LogP contribution in [-0.4, -0.2) is 30.8 Å². The Balaban J connectivity index is 1.58. The van der Waals surface area contributed by atoms with Crippen molar-refractivity contribution in [2.75, 3.05) is 5.32 Å². The molecular weight excluding hydrogens is 330 g/mol. The Morgan fingerprint density at radius 2 is 1.92 bits per heavy atom.